The summed E-state index contributed by atoms with van der Waals surface area (Å²) in [7, 11) is -3.74. The average Bonchev–Trinajstić information content (AvgIpc) is 2.97. The monoisotopic (exact) mass is 437 g/mol. The second-order valence-corrected chi connectivity index (χ2v) is 10.6. The largest absolute Gasteiger partial charge is 0.352 e. The molecule has 1 fully saturated rings. The van der Waals surface area contributed by atoms with Crippen molar-refractivity contribution in [3.8, 4) is 5.69 Å². The van der Waals surface area contributed by atoms with E-state index in [9.17, 15) is 13.2 Å². The van der Waals surface area contributed by atoms with E-state index in [2.05, 4.69) is 17.3 Å². The topological polar surface area (TPSA) is 81.1 Å². The molecule has 0 spiro atoms. The van der Waals surface area contributed by atoms with Crippen molar-refractivity contribution in [2.45, 2.75) is 63.5 Å². The summed E-state index contributed by atoms with van der Waals surface area (Å²) in [5, 5.41) is 6.45. The van der Waals surface area contributed by atoms with Crippen molar-refractivity contribution in [3.63, 3.8) is 0 Å². The molecule has 1 aliphatic carbocycles. The third-order valence-electron chi connectivity index (χ3n) is 5.82. The van der Waals surface area contributed by atoms with Gasteiger partial charge in [0.2, 0.25) is 5.91 Å². The van der Waals surface area contributed by atoms with Crippen LogP contribution in [0.2, 0.25) is 5.15 Å². The van der Waals surface area contributed by atoms with Crippen LogP contribution < -0.4 is 5.32 Å². The number of nitrogens with zero attached hydrogens (tertiary/aromatic N) is 2. The minimum absolute atomic E-state index is 0.0417. The van der Waals surface area contributed by atoms with Crippen LogP contribution in [-0.4, -0.2) is 35.4 Å². The van der Waals surface area contributed by atoms with E-state index in [-0.39, 0.29) is 16.9 Å². The van der Waals surface area contributed by atoms with E-state index in [4.69, 9.17) is 11.6 Å². The summed E-state index contributed by atoms with van der Waals surface area (Å²) in [5.41, 5.74) is 1.72. The number of aryl methyl sites for hydroxylation is 1. The molecule has 6 nitrogen and oxygen atoms in total. The Morgan fingerprint density at radius 3 is 2.59 bits per heavy atom. The summed E-state index contributed by atoms with van der Waals surface area (Å²) < 4.78 is 27.4. The predicted molar refractivity (Wildman–Crippen MR) is 115 cm³/mol. The van der Waals surface area contributed by atoms with Crippen LogP contribution in [0.25, 0.3) is 5.69 Å². The number of benzene rings is 1. The first-order valence-corrected chi connectivity index (χ1v) is 12.1. The van der Waals surface area contributed by atoms with Crippen LogP contribution in [-0.2, 0) is 20.4 Å². The third-order valence-corrected chi connectivity index (χ3v) is 8.19. The zero-order valence-corrected chi connectivity index (χ0v) is 18.6. The van der Waals surface area contributed by atoms with Gasteiger partial charge in [-0.2, -0.15) is 5.10 Å². The molecule has 158 valence electrons. The SMILES string of the molecule is Cc1nn(-c2ccccc2)c(Cl)c1CS(=O)(=O)[C@H](C)C(=O)N[C@@H]1CCCC[C@@H]1C. The molecule has 3 rings (SSSR count). The molecule has 2 aromatic rings. The quantitative estimate of drug-likeness (QED) is 0.744. The lowest BCUT2D eigenvalue weighted by Crippen LogP contribution is -2.47. The standard InChI is InChI=1S/C21H28ClN3O3S/c1-14-9-7-8-12-19(14)23-21(26)16(3)29(27,28)13-18-15(2)24-25(20(18)22)17-10-5-4-6-11-17/h4-6,10-11,14,16,19H,7-9,12-13H2,1-3H3,(H,23,26)/t14-,16+,19+/m0/s1. The zero-order chi connectivity index (χ0) is 21.2. The van der Waals surface area contributed by atoms with Crippen LogP contribution in [0.1, 0.15) is 50.8 Å². The van der Waals surface area contributed by atoms with Gasteiger partial charge in [-0.1, -0.05) is 49.6 Å². The number of carbonyl (C=O) groups is 1. The van der Waals surface area contributed by atoms with E-state index in [0.29, 0.717) is 17.2 Å². The fraction of sp³-hybridized carbons (Fsp3) is 0.524. The molecule has 0 bridgehead atoms. The lowest BCUT2D eigenvalue weighted by molar-refractivity contribution is -0.121. The van der Waals surface area contributed by atoms with Crippen LogP contribution in [0.5, 0.6) is 0 Å². The van der Waals surface area contributed by atoms with Crippen molar-refractivity contribution in [2.75, 3.05) is 0 Å². The van der Waals surface area contributed by atoms with Gasteiger partial charge in [0.25, 0.3) is 0 Å². The molecule has 3 atom stereocenters. The Balaban J connectivity index is 1.76. The number of halogens is 1. The number of sulfone groups is 1. The maximum atomic E-state index is 13.0. The van der Waals surface area contributed by atoms with Gasteiger partial charge in [0.05, 0.1) is 17.1 Å². The Bertz CT molecular complexity index is 973. The van der Waals surface area contributed by atoms with Crippen LogP contribution in [0, 0.1) is 12.8 Å². The predicted octanol–water partition coefficient (Wildman–Crippen LogP) is 3.83. The summed E-state index contributed by atoms with van der Waals surface area (Å²) in [6, 6.07) is 9.33. The number of aromatic nitrogens is 2. The summed E-state index contributed by atoms with van der Waals surface area (Å²) in [6.45, 7) is 5.28. The number of hydrogen-bond donors (Lipinski definition) is 1. The summed E-state index contributed by atoms with van der Waals surface area (Å²) in [6.07, 6.45) is 4.17. The summed E-state index contributed by atoms with van der Waals surface area (Å²) in [4.78, 5) is 12.6. The number of amides is 1. The molecule has 1 heterocycles. The van der Waals surface area contributed by atoms with Gasteiger partial charge in [-0.15, -0.1) is 0 Å². The second-order valence-electron chi connectivity index (χ2n) is 7.93. The van der Waals surface area contributed by atoms with Gasteiger partial charge < -0.3 is 5.32 Å². The smallest absolute Gasteiger partial charge is 0.238 e. The summed E-state index contributed by atoms with van der Waals surface area (Å²) in [5.74, 6) is -0.393. The fourth-order valence-electron chi connectivity index (χ4n) is 3.76. The lowest BCUT2D eigenvalue weighted by atomic mass is 9.86. The van der Waals surface area contributed by atoms with Crippen molar-refractivity contribution in [1.82, 2.24) is 15.1 Å². The Hall–Kier alpha value is -1.86. The first kappa shape index (κ1) is 21.8. The molecule has 1 N–H and O–H groups in total. The van der Waals surface area contributed by atoms with Crippen LogP contribution in [0.4, 0.5) is 0 Å². The molecule has 1 saturated carbocycles. The van der Waals surface area contributed by atoms with E-state index in [0.717, 1.165) is 31.4 Å². The average molecular weight is 438 g/mol. The third kappa shape index (κ3) is 4.83. The van der Waals surface area contributed by atoms with Gasteiger partial charge in [-0.3, -0.25) is 4.79 Å². The van der Waals surface area contributed by atoms with Crippen molar-refractivity contribution in [2.24, 2.45) is 5.92 Å². The number of para-hydroxylation sites is 1. The Morgan fingerprint density at radius 1 is 1.28 bits per heavy atom. The normalized spacial score (nSPS) is 21.0. The van der Waals surface area contributed by atoms with Crippen molar-refractivity contribution >= 4 is 27.3 Å². The van der Waals surface area contributed by atoms with E-state index >= 15 is 0 Å². The maximum absolute atomic E-state index is 13.0. The first-order chi connectivity index (χ1) is 13.7. The number of nitrogens with one attached hydrogen (secondary N) is 1. The molecule has 0 unspecified atom stereocenters. The van der Waals surface area contributed by atoms with Gasteiger partial charge in [-0.25, -0.2) is 13.1 Å². The highest BCUT2D eigenvalue weighted by Crippen LogP contribution is 2.27. The lowest BCUT2D eigenvalue weighted by Gasteiger charge is -2.30. The maximum Gasteiger partial charge on any atom is 0.238 e. The van der Waals surface area contributed by atoms with Crippen LogP contribution in [0.3, 0.4) is 0 Å². The molecule has 0 radical (unpaired) electrons. The van der Waals surface area contributed by atoms with Gasteiger partial charge >= 0.3 is 0 Å². The Kier molecular flexibility index (Phi) is 6.69. The van der Waals surface area contributed by atoms with Gasteiger partial charge in [-0.05, 0) is 44.7 Å². The van der Waals surface area contributed by atoms with E-state index in [1.54, 1.807) is 6.92 Å². The van der Waals surface area contributed by atoms with Gasteiger partial charge in [0, 0.05) is 11.6 Å². The van der Waals surface area contributed by atoms with E-state index < -0.39 is 21.0 Å². The minimum atomic E-state index is -3.74. The molecule has 1 aliphatic rings. The van der Waals surface area contributed by atoms with Crippen LogP contribution >= 0.6 is 11.6 Å². The molecular weight excluding hydrogens is 410 g/mol. The summed E-state index contributed by atoms with van der Waals surface area (Å²) >= 11 is 6.46. The highest BCUT2D eigenvalue weighted by molar-refractivity contribution is 7.92. The molecule has 0 aliphatic heterocycles. The van der Waals surface area contributed by atoms with E-state index in [1.165, 1.54) is 11.6 Å². The van der Waals surface area contributed by atoms with Gasteiger partial charge in [0.15, 0.2) is 9.84 Å². The highest BCUT2D eigenvalue weighted by atomic mass is 35.5. The molecule has 1 aromatic carbocycles. The Morgan fingerprint density at radius 2 is 1.93 bits per heavy atom. The number of carbonyl (C=O) groups excluding carboxylic acids is 1. The molecule has 1 aromatic heterocycles. The highest BCUT2D eigenvalue weighted by Gasteiger charge is 2.33. The molecular formula is C21H28ClN3O3S. The van der Waals surface area contributed by atoms with Crippen molar-refractivity contribution < 1.29 is 13.2 Å². The minimum Gasteiger partial charge on any atom is -0.352 e. The van der Waals surface area contributed by atoms with Gasteiger partial charge in [0.1, 0.15) is 10.4 Å². The Labute approximate surface area is 177 Å². The molecule has 8 heteroatoms. The van der Waals surface area contributed by atoms with E-state index in [1.807, 2.05) is 30.3 Å². The molecule has 1 amide bonds. The first-order valence-electron chi connectivity index (χ1n) is 10.0. The van der Waals surface area contributed by atoms with Crippen molar-refractivity contribution in [3.05, 3.63) is 46.7 Å². The number of hydrogen-bond acceptors (Lipinski definition) is 4. The molecule has 0 saturated heterocycles. The van der Waals surface area contributed by atoms with Crippen molar-refractivity contribution in [1.29, 1.82) is 0 Å². The second kappa shape index (κ2) is 8.88. The molecule has 29 heavy (non-hydrogen) atoms. The zero-order valence-electron chi connectivity index (χ0n) is 17.1. The van der Waals surface area contributed by atoms with Crippen LogP contribution in [0.15, 0.2) is 30.3 Å². The fourth-order valence-corrected chi connectivity index (χ4v) is 5.57. The number of rotatable bonds is 6.